The van der Waals surface area contributed by atoms with Gasteiger partial charge in [0.2, 0.25) is 0 Å². The number of nitro benzene ring substituents is 1. The van der Waals surface area contributed by atoms with Crippen molar-refractivity contribution < 1.29 is 24.0 Å². The molecule has 2 rings (SSSR count). The minimum absolute atomic E-state index is 0. The quantitative estimate of drug-likeness (QED) is 0.228. The third kappa shape index (κ3) is 6.65. The molecule has 0 aliphatic carbocycles. The maximum Gasteiger partial charge on any atom is 0.339 e. The Balaban J connectivity index is 0.00000364. The highest BCUT2D eigenvalue weighted by Crippen LogP contribution is 2.20. The van der Waals surface area contributed by atoms with Gasteiger partial charge in [0, 0.05) is 12.1 Å². The van der Waals surface area contributed by atoms with E-state index in [0.29, 0.717) is 6.42 Å². The number of esters is 2. The number of nitro groups is 1. The van der Waals surface area contributed by atoms with Gasteiger partial charge < -0.3 is 9.47 Å². The highest BCUT2D eigenvalue weighted by Gasteiger charge is 2.23. The van der Waals surface area contributed by atoms with Gasteiger partial charge in [-0.05, 0) is 18.1 Å². The average molecular weight is 384 g/mol. The van der Waals surface area contributed by atoms with Crippen LogP contribution < -0.4 is 0 Å². The third-order valence-corrected chi connectivity index (χ3v) is 3.60. The summed E-state index contributed by atoms with van der Waals surface area (Å²) < 4.78 is 10.3. The van der Waals surface area contributed by atoms with Gasteiger partial charge in [0.25, 0.3) is 5.69 Å². The molecular weight excluding hydrogens is 363 g/mol. The van der Waals surface area contributed by atoms with E-state index < -0.39 is 16.9 Å². The average Bonchev–Trinajstić information content (AvgIpc) is 2.66. The van der Waals surface area contributed by atoms with Gasteiger partial charge >= 0.3 is 35.0 Å². The maximum atomic E-state index is 12.4. The van der Waals surface area contributed by atoms with Crippen LogP contribution >= 0.6 is 0 Å². The van der Waals surface area contributed by atoms with E-state index in [1.807, 2.05) is 13.0 Å². The zero-order valence-electron chi connectivity index (χ0n) is 14.3. The lowest BCUT2D eigenvalue weighted by molar-refractivity contribution is -0.384. The Labute approximate surface area is 173 Å². The molecule has 0 unspecified atom stereocenters. The number of carbonyl (C=O) groups excluding carboxylic acids is 2. The van der Waals surface area contributed by atoms with Crippen molar-refractivity contribution in [1.82, 2.24) is 0 Å². The Morgan fingerprint density at radius 2 is 1.67 bits per heavy atom. The van der Waals surface area contributed by atoms with Crippen LogP contribution in [-0.4, -0.2) is 46.5 Å². The number of carbonyl (C=O) groups is 2. The van der Waals surface area contributed by atoms with E-state index in [9.17, 15) is 19.7 Å². The van der Waals surface area contributed by atoms with E-state index in [2.05, 4.69) is 0 Å². The molecule has 0 fully saturated rings. The summed E-state index contributed by atoms with van der Waals surface area (Å²) in [5.74, 6) is -1.53. The summed E-state index contributed by atoms with van der Waals surface area (Å²) in [6.45, 7) is 2.16. The van der Waals surface area contributed by atoms with E-state index in [1.165, 1.54) is 6.07 Å². The first kappa shape index (κ1) is 22.6. The van der Waals surface area contributed by atoms with Crippen molar-refractivity contribution in [2.24, 2.45) is 0 Å². The molecule has 0 atom stereocenters. The van der Waals surface area contributed by atoms with Gasteiger partial charge in [0.15, 0.2) is 0 Å². The summed E-state index contributed by atoms with van der Waals surface area (Å²) in [7, 11) is 0. The van der Waals surface area contributed by atoms with Crippen LogP contribution in [0.5, 0.6) is 0 Å². The van der Waals surface area contributed by atoms with Crippen molar-refractivity contribution in [3.05, 3.63) is 75.3 Å². The molecule has 0 aliphatic rings. The van der Waals surface area contributed by atoms with E-state index >= 15 is 0 Å². The van der Waals surface area contributed by atoms with E-state index in [4.69, 9.17) is 9.47 Å². The molecule has 0 aliphatic heterocycles. The largest absolute Gasteiger partial charge is 0.462 e. The second kappa shape index (κ2) is 11.3. The summed E-state index contributed by atoms with van der Waals surface area (Å²) in [4.78, 5) is 34.9. The molecule has 0 amide bonds. The Bertz CT molecular complexity index is 794. The van der Waals surface area contributed by atoms with Crippen LogP contribution in [0.2, 0.25) is 0 Å². The van der Waals surface area contributed by atoms with Gasteiger partial charge in [-0.15, -0.1) is 0 Å². The fourth-order valence-electron chi connectivity index (χ4n) is 2.18. The van der Waals surface area contributed by atoms with Crippen LogP contribution in [0.3, 0.4) is 0 Å². The SMILES string of the molecule is CCCCOC(=O)c1ccc([N+](=O)[O-])cc1C(=O)OCc1ccccc1.[MgH2]. The highest BCUT2D eigenvalue weighted by molar-refractivity contribution is 6.03. The molecule has 0 saturated heterocycles. The first-order chi connectivity index (χ1) is 12.5. The lowest BCUT2D eigenvalue weighted by Crippen LogP contribution is -2.15. The van der Waals surface area contributed by atoms with Gasteiger partial charge in [0.1, 0.15) is 6.61 Å². The molecule has 27 heavy (non-hydrogen) atoms. The smallest absolute Gasteiger partial charge is 0.339 e. The van der Waals surface area contributed by atoms with Crippen LogP contribution in [0.15, 0.2) is 48.5 Å². The molecule has 2 aromatic rings. The monoisotopic (exact) mass is 383 g/mol. The van der Waals surface area contributed by atoms with Gasteiger partial charge in [-0.3, -0.25) is 10.1 Å². The van der Waals surface area contributed by atoms with Crippen molar-refractivity contribution in [2.75, 3.05) is 6.61 Å². The molecule has 0 heterocycles. The summed E-state index contributed by atoms with van der Waals surface area (Å²) in [5.41, 5.74) is 0.224. The van der Waals surface area contributed by atoms with Crippen LogP contribution in [0.4, 0.5) is 5.69 Å². The first-order valence-electron chi connectivity index (χ1n) is 8.19. The molecule has 0 aromatic heterocycles. The lowest BCUT2D eigenvalue weighted by Gasteiger charge is -2.10. The fourth-order valence-corrected chi connectivity index (χ4v) is 2.18. The number of non-ortho nitro benzene ring substituents is 1. The number of rotatable bonds is 8. The second-order valence-corrected chi connectivity index (χ2v) is 5.54. The van der Waals surface area contributed by atoms with Crippen molar-refractivity contribution in [3.63, 3.8) is 0 Å². The molecule has 0 spiro atoms. The minimum Gasteiger partial charge on any atom is -0.462 e. The van der Waals surface area contributed by atoms with Crippen LogP contribution in [-0.2, 0) is 16.1 Å². The zero-order chi connectivity index (χ0) is 18.9. The van der Waals surface area contributed by atoms with Crippen LogP contribution in [0, 0.1) is 10.1 Å². The van der Waals surface area contributed by atoms with E-state index in [-0.39, 0.29) is 53.1 Å². The molecule has 2 aromatic carbocycles. The molecule has 0 saturated carbocycles. The summed E-state index contributed by atoms with van der Waals surface area (Å²) >= 11 is 0. The Hall–Kier alpha value is -2.45. The minimum atomic E-state index is -0.819. The molecule has 8 heteroatoms. The number of hydrogen-bond donors (Lipinski definition) is 0. The number of nitrogens with zero attached hydrogens (tertiary/aromatic N) is 1. The van der Waals surface area contributed by atoms with Crippen molar-refractivity contribution in [1.29, 1.82) is 0 Å². The number of unbranched alkanes of at least 4 members (excludes halogenated alkanes) is 1. The molecule has 140 valence electrons. The third-order valence-electron chi connectivity index (χ3n) is 3.60. The topological polar surface area (TPSA) is 95.7 Å². The van der Waals surface area contributed by atoms with E-state index in [1.54, 1.807) is 24.3 Å². The van der Waals surface area contributed by atoms with Crippen LogP contribution in [0.25, 0.3) is 0 Å². The standard InChI is InChI=1S/C19H19NO6.Mg.2H/c1-2-3-11-25-18(21)16-10-9-15(20(23)24)12-17(16)19(22)26-13-14-7-5-4-6-8-14;;;/h4-10,12H,2-3,11,13H2,1H3;;;. The molecule has 0 N–H and O–H groups in total. The predicted octanol–water partition coefficient (Wildman–Crippen LogP) is 2.99. The highest BCUT2D eigenvalue weighted by atomic mass is 24.3. The fraction of sp³-hybridized carbons (Fsp3) is 0.263. The Kier molecular flexibility index (Phi) is 9.45. The first-order valence-corrected chi connectivity index (χ1v) is 8.19. The molecule has 0 bridgehead atoms. The normalized spacial score (nSPS) is 9.81. The Morgan fingerprint density at radius 3 is 2.30 bits per heavy atom. The van der Waals surface area contributed by atoms with Gasteiger partial charge in [-0.25, -0.2) is 9.59 Å². The number of hydrogen-bond acceptors (Lipinski definition) is 6. The molecule has 0 radical (unpaired) electrons. The number of ether oxygens (including phenoxy) is 2. The second-order valence-electron chi connectivity index (χ2n) is 5.54. The van der Waals surface area contributed by atoms with Crippen molar-refractivity contribution in [2.45, 2.75) is 26.4 Å². The predicted molar refractivity (Wildman–Crippen MR) is 102 cm³/mol. The lowest BCUT2D eigenvalue weighted by atomic mass is 10.1. The van der Waals surface area contributed by atoms with Crippen molar-refractivity contribution in [3.8, 4) is 0 Å². The van der Waals surface area contributed by atoms with E-state index in [0.717, 1.165) is 24.1 Å². The van der Waals surface area contributed by atoms with Gasteiger partial charge in [-0.1, -0.05) is 43.7 Å². The summed E-state index contributed by atoms with van der Waals surface area (Å²) in [6.07, 6.45) is 1.53. The number of benzene rings is 2. The van der Waals surface area contributed by atoms with Crippen molar-refractivity contribution >= 4 is 40.7 Å². The van der Waals surface area contributed by atoms with Gasteiger partial charge in [-0.2, -0.15) is 0 Å². The maximum absolute atomic E-state index is 12.4. The molecule has 7 nitrogen and oxygen atoms in total. The summed E-state index contributed by atoms with van der Waals surface area (Å²) in [5, 5.41) is 11.0. The zero-order valence-corrected chi connectivity index (χ0v) is 14.3. The van der Waals surface area contributed by atoms with Gasteiger partial charge in [0.05, 0.1) is 22.7 Å². The van der Waals surface area contributed by atoms with Crippen LogP contribution in [0.1, 0.15) is 46.0 Å². The summed E-state index contributed by atoms with van der Waals surface area (Å²) in [6, 6.07) is 12.4. The molecular formula is C19H21MgNO6. The Morgan fingerprint density at radius 1 is 1.00 bits per heavy atom.